The Morgan fingerprint density at radius 1 is 1.30 bits per heavy atom. The number of hydrogen-bond acceptors (Lipinski definition) is 3. The minimum Gasteiger partial charge on any atom is -0.478 e. The Balaban J connectivity index is 1.92. The summed E-state index contributed by atoms with van der Waals surface area (Å²) in [5.74, 6) is 0.597. The molecule has 0 unspecified atom stereocenters. The van der Waals surface area contributed by atoms with Crippen molar-refractivity contribution in [3.8, 4) is 11.6 Å². The van der Waals surface area contributed by atoms with Gasteiger partial charge >= 0.3 is 0 Å². The van der Waals surface area contributed by atoms with E-state index in [0.29, 0.717) is 18.2 Å². The van der Waals surface area contributed by atoms with Crippen LogP contribution < -0.4 is 4.74 Å². The molecular weight excluding hydrogens is 290 g/mol. The Hall–Kier alpha value is -2.30. The van der Waals surface area contributed by atoms with Crippen LogP contribution in [0.4, 0.5) is 0 Å². The number of hydrogen-bond donors (Lipinski definition) is 0. The van der Waals surface area contributed by atoms with Crippen LogP contribution in [0.1, 0.15) is 43.6 Å². The molecule has 1 aliphatic rings. The van der Waals surface area contributed by atoms with E-state index in [1.54, 1.807) is 10.7 Å². The molecule has 3 rings (SSSR count). The van der Waals surface area contributed by atoms with E-state index in [0.717, 1.165) is 25.1 Å². The summed E-state index contributed by atoms with van der Waals surface area (Å²) in [5, 5.41) is 4.51. The molecule has 1 aliphatic heterocycles. The first-order chi connectivity index (χ1) is 11.2. The third-order valence-corrected chi connectivity index (χ3v) is 4.25. The number of benzene rings is 1. The fourth-order valence-electron chi connectivity index (χ4n) is 3.02. The minimum atomic E-state index is -0.00664. The van der Waals surface area contributed by atoms with Gasteiger partial charge < -0.3 is 9.64 Å². The Kier molecular flexibility index (Phi) is 4.65. The van der Waals surface area contributed by atoms with Gasteiger partial charge in [-0.15, -0.1) is 0 Å². The molecule has 2 aromatic rings. The predicted molar refractivity (Wildman–Crippen MR) is 89.1 cm³/mol. The molecule has 1 saturated heterocycles. The van der Waals surface area contributed by atoms with Crippen molar-refractivity contribution >= 4 is 5.91 Å². The number of nitrogens with zero attached hydrogens (tertiary/aromatic N) is 3. The van der Waals surface area contributed by atoms with Crippen molar-refractivity contribution in [1.29, 1.82) is 0 Å². The van der Waals surface area contributed by atoms with Crippen LogP contribution in [0.5, 0.6) is 5.88 Å². The van der Waals surface area contributed by atoms with Gasteiger partial charge in [-0.05, 0) is 45.2 Å². The Labute approximate surface area is 136 Å². The maximum Gasteiger partial charge on any atom is 0.274 e. The molecule has 1 amide bonds. The predicted octanol–water partition coefficient (Wildman–Crippen LogP) is 3.29. The van der Waals surface area contributed by atoms with Crippen LogP contribution in [-0.4, -0.2) is 39.8 Å². The molecule has 1 atom stereocenters. The van der Waals surface area contributed by atoms with Gasteiger partial charge in [0.25, 0.3) is 5.91 Å². The molecule has 1 fully saturated rings. The summed E-state index contributed by atoms with van der Waals surface area (Å²) >= 11 is 0. The molecule has 23 heavy (non-hydrogen) atoms. The molecule has 0 spiro atoms. The molecule has 0 N–H and O–H groups in total. The van der Waals surface area contributed by atoms with Crippen molar-refractivity contribution in [3.05, 3.63) is 42.1 Å². The first-order valence-corrected chi connectivity index (χ1v) is 8.30. The van der Waals surface area contributed by atoms with Crippen molar-refractivity contribution in [2.45, 2.75) is 39.2 Å². The number of aromatic nitrogens is 2. The molecular formula is C18H23N3O2. The lowest BCUT2D eigenvalue weighted by molar-refractivity contribution is 0.0629. The topological polar surface area (TPSA) is 47.4 Å². The highest BCUT2D eigenvalue weighted by Gasteiger charge is 2.27. The monoisotopic (exact) mass is 313 g/mol. The standard InChI is InChI=1S/C18H23N3O2/c1-3-23-17-13-16(18(22)20-12-8-7-9-14(20)2)19-21(17)15-10-5-4-6-11-15/h4-6,10-11,13-14H,3,7-9,12H2,1-2H3/t14-/m1/s1. The second-order valence-corrected chi connectivity index (χ2v) is 5.89. The fourth-order valence-corrected chi connectivity index (χ4v) is 3.02. The van der Waals surface area contributed by atoms with Crippen molar-refractivity contribution in [1.82, 2.24) is 14.7 Å². The molecule has 0 radical (unpaired) electrons. The summed E-state index contributed by atoms with van der Waals surface area (Å²) < 4.78 is 7.37. The van der Waals surface area contributed by atoms with Gasteiger partial charge in [0.05, 0.1) is 12.3 Å². The first-order valence-electron chi connectivity index (χ1n) is 8.30. The van der Waals surface area contributed by atoms with Crippen LogP contribution in [0.15, 0.2) is 36.4 Å². The molecule has 1 aromatic carbocycles. The van der Waals surface area contributed by atoms with Gasteiger partial charge in [-0.25, -0.2) is 4.68 Å². The molecule has 1 aromatic heterocycles. The van der Waals surface area contributed by atoms with E-state index in [2.05, 4.69) is 12.0 Å². The van der Waals surface area contributed by atoms with E-state index >= 15 is 0 Å². The maximum atomic E-state index is 12.8. The van der Waals surface area contributed by atoms with Crippen LogP contribution in [0, 0.1) is 0 Å². The number of carbonyl (C=O) groups is 1. The van der Waals surface area contributed by atoms with E-state index in [1.165, 1.54) is 6.42 Å². The van der Waals surface area contributed by atoms with Gasteiger partial charge in [0.1, 0.15) is 0 Å². The van der Waals surface area contributed by atoms with Gasteiger partial charge in [0.2, 0.25) is 5.88 Å². The SMILES string of the molecule is CCOc1cc(C(=O)N2CCCC[C@H]2C)nn1-c1ccccc1. The number of rotatable bonds is 4. The molecule has 5 heteroatoms. The van der Waals surface area contributed by atoms with Gasteiger partial charge in [-0.1, -0.05) is 18.2 Å². The number of amides is 1. The van der Waals surface area contributed by atoms with E-state index < -0.39 is 0 Å². The minimum absolute atomic E-state index is 0.00664. The number of ether oxygens (including phenoxy) is 1. The van der Waals surface area contributed by atoms with Crippen molar-refractivity contribution in [2.24, 2.45) is 0 Å². The van der Waals surface area contributed by atoms with Crippen LogP contribution in [0.25, 0.3) is 5.69 Å². The van der Waals surface area contributed by atoms with Crippen LogP contribution in [0.3, 0.4) is 0 Å². The normalized spacial score (nSPS) is 18.0. The summed E-state index contributed by atoms with van der Waals surface area (Å²) in [6.45, 7) is 5.37. The molecule has 122 valence electrons. The quantitative estimate of drug-likeness (QED) is 0.870. The molecule has 0 saturated carbocycles. The van der Waals surface area contributed by atoms with Crippen LogP contribution >= 0.6 is 0 Å². The lowest BCUT2D eigenvalue weighted by Crippen LogP contribution is -2.42. The second-order valence-electron chi connectivity index (χ2n) is 5.89. The lowest BCUT2D eigenvalue weighted by atomic mass is 10.0. The zero-order chi connectivity index (χ0) is 16.2. The first kappa shape index (κ1) is 15.6. The van der Waals surface area contributed by atoms with Gasteiger partial charge in [0, 0.05) is 18.7 Å². The van der Waals surface area contributed by atoms with Crippen molar-refractivity contribution in [2.75, 3.05) is 13.2 Å². The molecule has 5 nitrogen and oxygen atoms in total. The Morgan fingerprint density at radius 2 is 2.09 bits per heavy atom. The number of likely N-dealkylation sites (tertiary alicyclic amines) is 1. The zero-order valence-electron chi connectivity index (χ0n) is 13.7. The Bertz CT molecular complexity index is 666. The summed E-state index contributed by atoms with van der Waals surface area (Å²) in [7, 11) is 0. The van der Waals surface area contributed by atoms with Crippen LogP contribution in [0.2, 0.25) is 0 Å². The third-order valence-electron chi connectivity index (χ3n) is 4.25. The Morgan fingerprint density at radius 3 is 2.78 bits per heavy atom. The molecule has 2 heterocycles. The van der Waals surface area contributed by atoms with Crippen LogP contribution in [-0.2, 0) is 0 Å². The molecule has 0 aliphatic carbocycles. The van der Waals surface area contributed by atoms with Gasteiger partial charge in [-0.3, -0.25) is 4.79 Å². The zero-order valence-corrected chi connectivity index (χ0v) is 13.7. The maximum absolute atomic E-state index is 12.8. The average Bonchev–Trinajstić information content (AvgIpc) is 3.00. The number of para-hydroxylation sites is 1. The smallest absolute Gasteiger partial charge is 0.274 e. The molecule has 0 bridgehead atoms. The summed E-state index contributed by atoms with van der Waals surface area (Å²) in [6.07, 6.45) is 3.31. The van der Waals surface area contributed by atoms with E-state index in [-0.39, 0.29) is 11.9 Å². The third kappa shape index (κ3) is 3.23. The largest absolute Gasteiger partial charge is 0.478 e. The second kappa shape index (κ2) is 6.86. The average molecular weight is 313 g/mol. The lowest BCUT2D eigenvalue weighted by Gasteiger charge is -2.32. The fraction of sp³-hybridized carbons (Fsp3) is 0.444. The van der Waals surface area contributed by atoms with E-state index in [1.807, 2.05) is 42.2 Å². The highest BCUT2D eigenvalue weighted by atomic mass is 16.5. The number of piperidine rings is 1. The summed E-state index contributed by atoms with van der Waals surface area (Å²) in [6, 6.07) is 11.8. The highest BCUT2D eigenvalue weighted by Crippen LogP contribution is 2.23. The highest BCUT2D eigenvalue weighted by molar-refractivity contribution is 5.93. The van der Waals surface area contributed by atoms with E-state index in [9.17, 15) is 4.79 Å². The van der Waals surface area contributed by atoms with E-state index in [4.69, 9.17) is 4.74 Å². The summed E-state index contributed by atoms with van der Waals surface area (Å²) in [5.41, 5.74) is 1.34. The van der Waals surface area contributed by atoms with Crippen molar-refractivity contribution in [3.63, 3.8) is 0 Å². The van der Waals surface area contributed by atoms with Crippen molar-refractivity contribution < 1.29 is 9.53 Å². The van der Waals surface area contributed by atoms with Gasteiger partial charge in [-0.2, -0.15) is 5.10 Å². The summed E-state index contributed by atoms with van der Waals surface area (Å²) in [4.78, 5) is 14.7. The van der Waals surface area contributed by atoms with Gasteiger partial charge in [0.15, 0.2) is 5.69 Å². The number of carbonyl (C=O) groups excluding carboxylic acids is 1.